The van der Waals surface area contributed by atoms with Gasteiger partial charge < -0.3 is 29.7 Å². The topological polar surface area (TPSA) is 89.1 Å². The molecule has 3 atom stereocenters. The van der Waals surface area contributed by atoms with Gasteiger partial charge >= 0.3 is 0 Å². The Kier molecular flexibility index (Phi) is 8.28. The molecule has 2 N–H and O–H groups in total. The molecule has 0 unspecified atom stereocenters. The summed E-state index contributed by atoms with van der Waals surface area (Å²) in [6, 6.07) is 5.33. The van der Waals surface area contributed by atoms with Gasteiger partial charge in [-0.1, -0.05) is 6.92 Å². The zero-order valence-corrected chi connectivity index (χ0v) is 19.0. The van der Waals surface area contributed by atoms with Gasteiger partial charge in [0, 0.05) is 64.2 Å². The van der Waals surface area contributed by atoms with E-state index in [1.807, 2.05) is 6.92 Å². The number of nitrogens with one attached hydrogen (secondary N) is 2. The molecule has 0 bridgehead atoms. The smallest absolute Gasteiger partial charge is 0.257 e. The highest BCUT2D eigenvalue weighted by atomic mass is 16.5. The van der Waals surface area contributed by atoms with Gasteiger partial charge in [0.2, 0.25) is 5.91 Å². The molecule has 1 fully saturated rings. The fourth-order valence-electron chi connectivity index (χ4n) is 3.94. The first kappa shape index (κ1) is 23.5. The summed E-state index contributed by atoms with van der Waals surface area (Å²) in [6.45, 7) is 7.03. The highest BCUT2D eigenvalue weighted by Gasteiger charge is 2.26. The number of hydrogen-bond donors (Lipinski definition) is 2. The van der Waals surface area contributed by atoms with E-state index < -0.39 is 0 Å². The van der Waals surface area contributed by atoms with E-state index in [1.54, 1.807) is 37.3 Å². The first-order valence-corrected chi connectivity index (χ1v) is 11.1. The summed E-state index contributed by atoms with van der Waals surface area (Å²) in [6.07, 6.45) is 1.37. The highest BCUT2D eigenvalue weighted by molar-refractivity contribution is 5.98. The molecule has 31 heavy (non-hydrogen) atoms. The van der Waals surface area contributed by atoms with Crippen molar-refractivity contribution in [2.75, 3.05) is 52.4 Å². The molecule has 2 aliphatic heterocycles. The lowest BCUT2D eigenvalue weighted by atomic mass is 9.99. The predicted molar refractivity (Wildman–Crippen MR) is 118 cm³/mol. The second-order valence-corrected chi connectivity index (χ2v) is 8.64. The SMILES string of the molecule is CO[C@@H]1CN(C)C(=O)c2ccc(NC(=O)C3CCOCC3)cc2OC[C@@H](C)NC[C@@H]1C. The second-order valence-electron chi connectivity index (χ2n) is 8.64. The summed E-state index contributed by atoms with van der Waals surface area (Å²) in [7, 11) is 3.45. The average molecular weight is 434 g/mol. The number of rotatable bonds is 3. The molecule has 0 radical (unpaired) electrons. The van der Waals surface area contributed by atoms with E-state index >= 15 is 0 Å². The zero-order valence-electron chi connectivity index (χ0n) is 19.0. The molecule has 2 aliphatic rings. The number of likely N-dealkylation sites (N-methyl/N-ethyl adjacent to an activating group) is 1. The lowest BCUT2D eigenvalue weighted by Crippen LogP contribution is -2.44. The minimum atomic E-state index is -0.132. The first-order valence-electron chi connectivity index (χ1n) is 11.1. The fraction of sp³-hybridized carbons (Fsp3) is 0.652. The highest BCUT2D eigenvalue weighted by Crippen LogP contribution is 2.27. The molecular weight excluding hydrogens is 398 g/mol. The maximum atomic E-state index is 13.2. The van der Waals surface area contributed by atoms with Gasteiger partial charge in [-0.2, -0.15) is 0 Å². The van der Waals surface area contributed by atoms with Crippen molar-refractivity contribution in [1.82, 2.24) is 10.2 Å². The van der Waals surface area contributed by atoms with Crippen LogP contribution in [0.15, 0.2) is 18.2 Å². The Labute approximate surface area is 184 Å². The number of ether oxygens (including phenoxy) is 3. The van der Waals surface area contributed by atoms with E-state index in [0.717, 1.165) is 19.4 Å². The van der Waals surface area contributed by atoms with Crippen molar-refractivity contribution in [1.29, 1.82) is 0 Å². The maximum Gasteiger partial charge on any atom is 0.257 e. The van der Waals surface area contributed by atoms with Crippen LogP contribution in [0.25, 0.3) is 0 Å². The molecule has 0 saturated carbocycles. The largest absolute Gasteiger partial charge is 0.491 e. The van der Waals surface area contributed by atoms with Crippen molar-refractivity contribution in [3.63, 3.8) is 0 Å². The Morgan fingerprint density at radius 3 is 2.71 bits per heavy atom. The molecule has 8 nitrogen and oxygen atoms in total. The number of benzene rings is 1. The summed E-state index contributed by atoms with van der Waals surface area (Å²) >= 11 is 0. The molecular formula is C23H35N3O5. The number of carbonyl (C=O) groups is 2. The molecule has 0 aromatic heterocycles. The summed E-state index contributed by atoms with van der Waals surface area (Å²) in [5.74, 6) is 0.502. The molecule has 2 amide bonds. The third kappa shape index (κ3) is 6.18. The van der Waals surface area contributed by atoms with Crippen LogP contribution in [-0.4, -0.2) is 75.9 Å². The average Bonchev–Trinajstić information content (AvgIpc) is 2.79. The van der Waals surface area contributed by atoms with Crippen LogP contribution in [-0.2, 0) is 14.3 Å². The zero-order chi connectivity index (χ0) is 22.4. The van der Waals surface area contributed by atoms with Crippen molar-refractivity contribution in [2.45, 2.75) is 38.8 Å². The number of anilines is 1. The quantitative estimate of drug-likeness (QED) is 0.759. The number of methoxy groups -OCH3 is 1. The van der Waals surface area contributed by atoms with Crippen LogP contribution < -0.4 is 15.4 Å². The van der Waals surface area contributed by atoms with Crippen LogP contribution in [0.5, 0.6) is 5.75 Å². The molecule has 0 spiro atoms. The number of fused-ring (bicyclic) bond motifs is 1. The maximum absolute atomic E-state index is 13.2. The van der Waals surface area contributed by atoms with Gasteiger partial charge in [-0.3, -0.25) is 9.59 Å². The Balaban J connectivity index is 1.81. The van der Waals surface area contributed by atoms with Crippen LogP contribution in [0.3, 0.4) is 0 Å². The normalized spacial score (nSPS) is 26.3. The van der Waals surface area contributed by atoms with Gasteiger partial charge in [-0.05, 0) is 37.8 Å². The fourth-order valence-corrected chi connectivity index (χ4v) is 3.94. The Hall–Kier alpha value is -2.16. The van der Waals surface area contributed by atoms with Crippen LogP contribution >= 0.6 is 0 Å². The van der Waals surface area contributed by atoms with Gasteiger partial charge in [0.1, 0.15) is 12.4 Å². The van der Waals surface area contributed by atoms with Crippen molar-refractivity contribution in [2.24, 2.45) is 11.8 Å². The molecule has 2 heterocycles. The number of carbonyl (C=O) groups excluding carboxylic acids is 2. The second kappa shape index (κ2) is 10.9. The standard InChI is InChI=1S/C23H35N3O5/c1-15-12-24-16(2)14-31-20-11-18(25-22(27)17-7-9-30-10-8-17)5-6-19(20)23(28)26(3)13-21(15)29-4/h5-6,11,15-17,21,24H,7-10,12-14H2,1-4H3,(H,25,27)/t15-,16+,21+/m0/s1. The number of nitrogens with zero attached hydrogens (tertiary/aromatic N) is 1. The number of amides is 2. The third-order valence-electron chi connectivity index (χ3n) is 6.09. The van der Waals surface area contributed by atoms with Gasteiger partial charge in [0.15, 0.2) is 0 Å². The van der Waals surface area contributed by atoms with E-state index in [9.17, 15) is 9.59 Å². The van der Waals surface area contributed by atoms with Gasteiger partial charge in [0.05, 0.1) is 11.7 Å². The molecule has 172 valence electrons. The number of hydrogen-bond acceptors (Lipinski definition) is 6. The minimum absolute atomic E-state index is 0.0215. The summed E-state index contributed by atoms with van der Waals surface area (Å²) in [5, 5.41) is 6.44. The lowest BCUT2D eigenvalue weighted by Gasteiger charge is -2.30. The molecule has 8 heteroatoms. The molecule has 0 aliphatic carbocycles. The van der Waals surface area contributed by atoms with E-state index in [0.29, 0.717) is 43.4 Å². The van der Waals surface area contributed by atoms with Gasteiger partial charge in [-0.25, -0.2) is 0 Å². The molecule has 3 rings (SSSR count). The summed E-state index contributed by atoms with van der Waals surface area (Å²) in [4.78, 5) is 27.4. The predicted octanol–water partition coefficient (Wildman–Crippen LogP) is 2.15. The monoisotopic (exact) mass is 433 g/mol. The molecule has 1 aromatic carbocycles. The molecule has 1 saturated heterocycles. The summed E-state index contributed by atoms with van der Waals surface area (Å²) in [5.41, 5.74) is 1.10. The lowest BCUT2D eigenvalue weighted by molar-refractivity contribution is -0.122. The van der Waals surface area contributed by atoms with Crippen LogP contribution in [0, 0.1) is 11.8 Å². The van der Waals surface area contributed by atoms with Crippen LogP contribution in [0.1, 0.15) is 37.0 Å². The van der Waals surface area contributed by atoms with Crippen LogP contribution in [0.2, 0.25) is 0 Å². The van der Waals surface area contributed by atoms with Crippen molar-refractivity contribution in [3.05, 3.63) is 23.8 Å². The van der Waals surface area contributed by atoms with Crippen molar-refractivity contribution < 1.29 is 23.8 Å². The Morgan fingerprint density at radius 1 is 1.26 bits per heavy atom. The third-order valence-corrected chi connectivity index (χ3v) is 6.09. The first-order chi connectivity index (χ1) is 14.9. The van der Waals surface area contributed by atoms with Gasteiger partial charge in [-0.15, -0.1) is 0 Å². The van der Waals surface area contributed by atoms with Crippen LogP contribution in [0.4, 0.5) is 5.69 Å². The van der Waals surface area contributed by atoms with E-state index in [-0.39, 0.29) is 35.8 Å². The molecule has 1 aromatic rings. The van der Waals surface area contributed by atoms with Crippen molar-refractivity contribution >= 4 is 17.5 Å². The Bertz CT molecular complexity index is 766. The van der Waals surface area contributed by atoms with Crippen molar-refractivity contribution in [3.8, 4) is 5.75 Å². The van der Waals surface area contributed by atoms with E-state index in [1.165, 1.54) is 0 Å². The van der Waals surface area contributed by atoms with Gasteiger partial charge in [0.25, 0.3) is 5.91 Å². The summed E-state index contributed by atoms with van der Waals surface area (Å²) < 4.78 is 17.0. The minimum Gasteiger partial charge on any atom is -0.491 e. The van der Waals surface area contributed by atoms with E-state index in [2.05, 4.69) is 17.6 Å². The Morgan fingerprint density at radius 2 is 2.00 bits per heavy atom. The van der Waals surface area contributed by atoms with E-state index in [4.69, 9.17) is 14.2 Å².